The maximum absolute atomic E-state index is 12.9. The Balaban J connectivity index is 1.86. The molecular formula is C16H20N4O4S. The van der Waals surface area contributed by atoms with Crippen molar-refractivity contribution in [2.45, 2.75) is 11.8 Å². The first-order valence-corrected chi connectivity index (χ1v) is 9.31. The minimum Gasteiger partial charge on any atom is -0.379 e. The van der Waals surface area contributed by atoms with Crippen molar-refractivity contribution in [2.24, 2.45) is 7.05 Å². The minimum atomic E-state index is -3.63. The van der Waals surface area contributed by atoms with E-state index in [1.807, 2.05) is 0 Å². The molecule has 0 unspecified atom stereocenters. The van der Waals surface area contributed by atoms with E-state index in [-0.39, 0.29) is 16.5 Å². The Hall–Kier alpha value is -2.23. The van der Waals surface area contributed by atoms with Crippen LogP contribution >= 0.6 is 0 Å². The van der Waals surface area contributed by atoms with Crippen molar-refractivity contribution < 1.29 is 17.9 Å². The Morgan fingerprint density at radius 3 is 2.60 bits per heavy atom. The number of hydrogen-bond acceptors (Lipinski definition) is 5. The number of nitrogens with zero attached hydrogens (tertiary/aromatic N) is 3. The topological polar surface area (TPSA) is 93.5 Å². The summed E-state index contributed by atoms with van der Waals surface area (Å²) in [6.07, 6.45) is 1.67. The number of anilines is 1. The van der Waals surface area contributed by atoms with Crippen LogP contribution in [-0.2, 0) is 21.8 Å². The van der Waals surface area contributed by atoms with Gasteiger partial charge in [0, 0.05) is 32.0 Å². The Bertz CT molecular complexity index is 885. The number of rotatable bonds is 4. The van der Waals surface area contributed by atoms with E-state index in [9.17, 15) is 13.2 Å². The van der Waals surface area contributed by atoms with Gasteiger partial charge in [0.2, 0.25) is 10.0 Å². The largest absolute Gasteiger partial charge is 0.379 e. The number of ether oxygens (including phenoxy) is 1. The van der Waals surface area contributed by atoms with Crippen LogP contribution < -0.4 is 5.32 Å². The molecule has 134 valence electrons. The van der Waals surface area contributed by atoms with Gasteiger partial charge < -0.3 is 10.1 Å². The monoisotopic (exact) mass is 364 g/mol. The predicted molar refractivity (Wildman–Crippen MR) is 91.9 cm³/mol. The molecule has 2 heterocycles. The quantitative estimate of drug-likeness (QED) is 0.874. The van der Waals surface area contributed by atoms with Gasteiger partial charge in [-0.05, 0) is 30.7 Å². The molecule has 1 aliphatic rings. The summed E-state index contributed by atoms with van der Waals surface area (Å²) in [5.74, 6) is -0.390. The van der Waals surface area contributed by atoms with Gasteiger partial charge >= 0.3 is 0 Å². The van der Waals surface area contributed by atoms with E-state index in [1.165, 1.54) is 15.1 Å². The molecule has 0 atom stereocenters. The number of nitrogens with one attached hydrogen (secondary N) is 1. The summed E-state index contributed by atoms with van der Waals surface area (Å²) in [6.45, 7) is 3.15. The third kappa shape index (κ3) is 3.73. The number of aromatic nitrogens is 2. The fourth-order valence-corrected chi connectivity index (χ4v) is 4.27. The van der Waals surface area contributed by atoms with Gasteiger partial charge in [-0.2, -0.15) is 9.40 Å². The van der Waals surface area contributed by atoms with Crippen LogP contribution in [0.4, 0.5) is 5.69 Å². The molecule has 2 aromatic rings. The first-order chi connectivity index (χ1) is 11.9. The predicted octanol–water partition coefficient (Wildman–Crippen LogP) is 1.00. The lowest BCUT2D eigenvalue weighted by Crippen LogP contribution is -2.40. The van der Waals surface area contributed by atoms with E-state index >= 15 is 0 Å². The lowest BCUT2D eigenvalue weighted by molar-refractivity contribution is 0.0730. The Kier molecular flexibility index (Phi) is 4.89. The summed E-state index contributed by atoms with van der Waals surface area (Å²) < 4.78 is 33.9. The first-order valence-electron chi connectivity index (χ1n) is 7.87. The van der Waals surface area contributed by atoms with Crippen molar-refractivity contribution in [2.75, 3.05) is 31.6 Å². The third-order valence-electron chi connectivity index (χ3n) is 3.98. The number of amides is 1. The van der Waals surface area contributed by atoms with Crippen molar-refractivity contribution in [1.82, 2.24) is 14.1 Å². The summed E-state index contributed by atoms with van der Waals surface area (Å²) in [5.41, 5.74) is 1.30. The maximum atomic E-state index is 12.9. The maximum Gasteiger partial charge on any atom is 0.276 e. The minimum absolute atomic E-state index is 0.188. The summed E-state index contributed by atoms with van der Waals surface area (Å²) in [4.78, 5) is 12.4. The number of carbonyl (C=O) groups excluding carboxylic acids is 1. The fraction of sp³-hybridized carbons (Fsp3) is 0.375. The number of morpholine rings is 1. The molecule has 1 aromatic carbocycles. The van der Waals surface area contributed by atoms with Crippen LogP contribution in [0.1, 0.15) is 16.1 Å². The Labute approximate surface area is 146 Å². The highest BCUT2D eigenvalue weighted by molar-refractivity contribution is 7.89. The van der Waals surface area contributed by atoms with Crippen LogP contribution in [0.5, 0.6) is 0 Å². The molecule has 9 heteroatoms. The SMILES string of the molecule is Cc1ccc(NC(=O)c2ccn(C)n2)cc1S(=O)(=O)N1CCOCC1. The number of sulfonamides is 1. The summed E-state index contributed by atoms with van der Waals surface area (Å²) >= 11 is 0. The molecular weight excluding hydrogens is 344 g/mol. The first kappa shape index (κ1) is 17.6. The van der Waals surface area contributed by atoms with Crippen LogP contribution in [0.25, 0.3) is 0 Å². The second-order valence-electron chi connectivity index (χ2n) is 5.83. The van der Waals surface area contributed by atoms with E-state index < -0.39 is 10.0 Å². The zero-order valence-electron chi connectivity index (χ0n) is 14.1. The molecule has 0 saturated carbocycles. The number of benzene rings is 1. The third-order valence-corrected chi connectivity index (χ3v) is 6.02. The van der Waals surface area contributed by atoms with Crippen molar-refractivity contribution >= 4 is 21.6 Å². The molecule has 0 radical (unpaired) electrons. The highest BCUT2D eigenvalue weighted by Crippen LogP contribution is 2.24. The van der Waals surface area contributed by atoms with Crippen LogP contribution in [0, 0.1) is 6.92 Å². The van der Waals surface area contributed by atoms with E-state index in [2.05, 4.69) is 10.4 Å². The molecule has 3 rings (SSSR count). The lowest BCUT2D eigenvalue weighted by Gasteiger charge is -2.26. The molecule has 0 aliphatic carbocycles. The lowest BCUT2D eigenvalue weighted by atomic mass is 10.2. The average Bonchev–Trinajstić information content (AvgIpc) is 3.04. The van der Waals surface area contributed by atoms with Gasteiger partial charge in [-0.25, -0.2) is 8.42 Å². The van der Waals surface area contributed by atoms with Crippen LogP contribution in [0.15, 0.2) is 35.4 Å². The zero-order chi connectivity index (χ0) is 18.0. The number of aryl methyl sites for hydroxylation is 2. The number of hydrogen-bond donors (Lipinski definition) is 1. The molecule has 0 spiro atoms. The van der Waals surface area contributed by atoms with Gasteiger partial charge in [-0.15, -0.1) is 0 Å². The molecule has 0 bridgehead atoms. The van der Waals surface area contributed by atoms with Gasteiger partial charge in [0.25, 0.3) is 5.91 Å². The second kappa shape index (κ2) is 6.95. The smallest absolute Gasteiger partial charge is 0.276 e. The standard InChI is InChI=1S/C16H20N4O4S/c1-12-3-4-13(17-16(21)14-5-6-19(2)18-14)11-15(12)25(22,23)20-7-9-24-10-8-20/h3-6,11H,7-10H2,1-2H3,(H,17,21). The molecule has 1 N–H and O–H groups in total. The molecule has 1 aromatic heterocycles. The van der Waals surface area contributed by atoms with Crippen LogP contribution in [0.2, 0.25) is 0 Å². The van der Waals surface area contributed by atoms with Crippen LogP contribution in [0.3, 0.4) is 0 Å². The average molecular weight is 364 g/mol. The molecule has 25 heavy (non-hydrogen) atoms. The van der Waals surface area contributed by atoms with Gasteiger partial charge in [0.15, 0.2) is 5.69 Å². The highest BCUT2D eigenvalue weighted by Gasteiger charge is 2.28. The number of carbonyl (C=O) groups is 1. The van der Waals surface area contributed by atoms with Crippen molar-refractivity contribution in [3.8, 4) is 0 Å². The molecule has 1 fully saturated rings. The van der Waals surface area contributed by atoms with E-state index in [4.69, 9.17) is 4.74 Å². The van der Waals surface area contributed by atoms with Crippen molar-refractivity contribution in [3.63, 3.8) is 0 Å². The van der Waals surface area contributed by atoms with Crippen LogP contribution in [-0.4, -0.2) is 54.7 Å². The van der Waals surface area contributed by atoms with Gasteiger partial charge in [-0.1, -0.05) is 6.07 Å². The van der Waals surface area contributed by atoms with Crippen molar-refractivity contribution in [3.05, 3.63) is 41.7 Å². The Morgan fingerprint density at radius 2 is 1.96 bits per heavy atom. The normalized spacial score (nSPS) is 15.9. The van der Waals surface area contributed by atoms with Gasteiger partial charge in [0.05, 0.1) is 18.1 Å². The van der Waals surface area contributed by atoms with Gasteiger partial charge in [-0.3, -0.25) is 9.48 Å². The molecule has 8 nitrogen and oxygen atoms in total. The summed E-state index contributed by atoms with van der Waals surface area (Å²) in [7, 11) is -1.91. The summed E-state index contributed by atoms with van der Waals surface area (Å²) in [6, 6.07) is 6.44. The summed E-state index contributed by atoms with van der Waals surface area (Å²) in [5, 5.41) is 6.72. The molecule has 1 amide bonds. The van der Waals surface area contributed by atoms with E-state index in [0.717, 1.165) is 0 Å². The fourth-order valence-electron chi connectivity index (χ4n) is 2.61. The second-order valence-corrected chi connectivity index (χ2v) is 7.73. The van der Waals surface area contributed by atoms with Crippen molar-refractivity contribution in [1.29, 1.82) is 0 Å². The van der Waals surface area contributed by atoms with E-state index in [0.29, 0.717) is 37.6 Å². The van der Waals surface area contributed by atoms with Gasteiger partial charge in [0.1, 0.15) is 0 Å². The zero-order valence-corrected chi connectivity index (χ0v) is 14.9. The Morgan fingerprint density at radius 1 is 1.24 bits per heavy atom. The molecule has 1 saturated heterocycles. The van der Waals surface area contributed by atoms with E-state index in [1.54, 1.807) is 38.4 Å². The highest BCUT2D eigenvalue weighted by atomic mass is 32.2. The molecule has 1 aliphatic heterocycles.